The van der Waals surface area contributed by atoms with Crippen LogP contribution < -0.4 is 0 Å². The van der Waals surface area contributed by atoms with Gasteiger partial charge in [0.15, 0.2) is 5.79 Å². The highest BCUT2D eigenvalue weighted by Gasteiger charge is 2.39. The Hall–Kier alpha value is -0.990. The van der Waals surface area contributed by atoms with E-state index in [9.17, 15) is 0 Å². The maximum atomic E-state index is 8.92. The van der Waals surface area contributed by atoms with Crippen molar-refractivity contribution in [3.8, 4) is 6.07 Å². The molecular formula is C11H19N3O2. The zero-order valence-corrected chi connectivity index (χ0v) is 10.4. The first kappa shape index (κ1) is 13.1. The highest BCUT2D eigenvalue weighted by Crippen LogP contribution is 2.29. The predicted octanol–water partition coefficient (Wildman–Crippen LogP) is 2.63. The van der Waals surface area contributed by atoms with Crippen LogP contribution in [0.2, 0.25) is 0 Å². The number of ether oxygens (including phenoxy) is 2. The van der Waals surface area contributed by atoms with E-state index in [0.717, 1.165) is 6.42 Å². The molecule has 1 aliphatic heterocycles. The first-order chi connectivity index (χ1) is 7.41. The molecule has 0 N–H and O–H groups in total. The minimum absolute atomic E-state index is 0.430. The molecule has 0 aromatic carbocycles. The smallest absolute Gasteiger partial charge is 0.200 e. The molecule has 0 bridgehead atoms. The van der Waals surface area contributed by atoms with Crippen LogP contribution in [0.4, 0.5) is 0 Å². The molecule has 0 amide bonds. The molecule has 1 aliphatic rings. The zero-order chi connectivity index (χ0) is 12.2. The Bertz CT molecular complexity index is 309. The van der Waals surface area contributed by atoms with Gasteiger partial charge in [-0.25, -0.2) is 0 Å². The van der Waals surface area contributed by atoms with Gasteiger partial charge in [-0.15, -0.1) is 0 Å². The minimum atomic E-state index is -0.816. The Morgan fingerprint density at radius 3 is 2.56 bits per heavy atom. The molecule has 0 aliphatic carbocycles. The van der Waals surface area contributed by atoms with Crippen LogP contribution in [0.5, 0.6) is 0 Å². The van der Waals surface area contributed by atoms with Crippen LogP contribution in [0.3, 0.4) is 0 Å². The Labute approximate surface area is 96.4 Å². The third-order valence-corrected chi connectivity index (χ3v) is 2.23. The van der Waals surface area contributed by atoms with Crippen molar-refractivity contribution in [2.24, 2.45) is 10.2 Å². The predicted molar refractivity (Wildman–Crippen MR) is 58.7 cm³/mol. The summed E-state index contributed by atoms with van der Waals surface area (Å²) in [5.74, 6) is -0.816. The Morgan fingerprint density at radius 2 is 2.19 bits per heavy atom. The summed E-state index contributed by atoms with van der Waals surface area (Å²) in [7, 11) is 0. The number of nitrogens with zero attached hydrogens (tertiary/aromatic N) is 3. The molecule has 2 atom stereocenters. The average molecular weight is 225 g/mol. The summed E-state index contributed by atoms with van der Waals surface area (Å²) in [5, 5.41) is 16.6. The molecule has 0 fully saturated rings. The van der Waals surface area contributed by atoms with E-state index in [0.29, 0.717) is 13.0 Å². The van der Waals surface area contributed by atoms with E-state index in [2.05, 4.69) is 16.3 Å². The molecule has 0 radical (unpaired) electrons. The molecule has 5 nitrogen and oxygen atoms in total. The maximum absolute atomic E-state index is 8.92. The number of hydrogen-bond donors (Lipinski definition) is 0. The van der Waals surface area contributed by atoms with Crippen LogP contribution >= 0.6 is 0 Å². The lowest BCUT2D eigenvalue weighted by atomic mass is 10.2. The highest BCUT2D eigenvalue weighted by atomic mass is 16.7. The van der Waals surface area contributed by atoms with Gasteiger partial charge in [-0.1, -0.05) is 13.3 Å². The molecule has 0 aromatic rings. The van der Waals surface area contributed by atoms with Gasteiger partial charge in [-0.3, -0.25) is 0 Å². The fourth-order valence-electron chi connectivity index (χ4n) is 1.63. The van der Waals surface area contributed by atoms with Gasteiger partial charge in [0.2, 0.25) is 5.72 Å². The SMILES string of the molecule is CCCC(C#N)OC(C)(C)OC1(C)CN=N1. The van der Waals surface area contributed by atoms with Gasteiger partial charge in [0, 0.05) is 0 Å². The lowest BCUT2D eigenvalue weighted by molar-refractivity contribution is -0.281. The van der Waals surface area contributed by atoms with Gasteiger partial charge in [0.1, 0.15) is 12.6 Å². The average Bonchev–Trinajstić information content (AvgIpc) is 2.13. The topological polar surface area (TPSA) is 67.0 Å². The Kier molecular flexibility index (Phi) is 4.00. The summed E-state index contributed by atoms with van der Waals surface area (Å²) in [4.78, 5) is 0. The van der Waals surface area contributed by atoms with Crippen LogP contribution in [0.25, 0.3) is 0 Å². The minimum Gasteiger partial charge on any atom is -0.332 e. The summed E-state index contributed by atoms with van der Waals surface area (Å²) in [5.41, 5.74) is -0.588. The second kappa shape index (κ2) is 4.89. The van der Waals surface area contributed by atoms with Crippen LogP contribution in [-0.4, -0.2) is 24.2 Å². The van der Waals surface area contributed by atoms with E-state index in [-0.39, 0.29) is 0 Å². The Morgan fingerprint density at radius 1 is 1.56 bits per heavy atom. The monoisotopic (exact) mass is 225 g/mol. The first-order valence-corrected chi connectivity index (χ1v) is 5.57. The molecule has 1 rings (SSSR count). The third-order valence-electron chi connectivity index (χ3n) is 2.23. The summed E-state index contributed by atoms with van der Waals surface area (Å²) in [6, 6.07) is 2.12. The van der Waals surface area contributed by atoms with E-state index >= 15 is 0 Å². The molecule has 0 spiro atoms. The van der Waals surface area contributed by atoms with Gasteiger partial charge in [0.25, 0.3) is 0 Å². The molecular weight excluding hydrogens is 206 g/mol. The lowest BCUT2D eigenvalue weighted by Gasteiger charge is -2.37. The summed E-state index contributed by atoms with van der Waals surface area (Å²) >= 11 is 0. The molecule has 1 heterocycles. The van der Waals surface area contributed by atoms with Crippen molar-refractivity contribution in [3.63, 3.8) is 0 Å². The van der Waals surface area contributed by atoms with Gasteiger partial charge >= 0.3 is 0 Å². The summed E-state index contributed by atoms with van der Waals surface area (Å²) < 4.78 is 11.3. The van der Waals surface area contributed by atoms with Crippen molar-refractivity contribution >= 4 is 0 Å². The zero-order valence-electron chi connectivity index (χ0n) is 10.4. The van der Waals surface area contributed by atoms with E-state index in [4.69, 9.17) is 14.7 Å². The summed E-state index contributed by atoms with van der Waals surface area (Å²) in [6.07, 6.45) is 1.19. The van der Waals surface area contributed by atoms with E-state index in [1.807, 2.05) is 13.8 Å². The molecule has 0 saturated carbocycles. The van der Waals surface area contributed by atoms with Gasteiger partial charge < -0.3 is 9.47 Å². The largest absolute Gasteiger partial charge is 0.332 e. The standard InChI is InChI=1S/C11H19N3O2/c1-5-6-9(7-12)15-10(2,3)16-11(4)8-13-14-11/h9H,5-6,8H2,1-4H3. The van der Waals surface area contributed by atoms with Crippen molar-refractivity contribution < 1.29 is 9.47 Å². The quantitative estimate of drug-likeness (QED) is 0.652. The fourth-order valence-corrected chi connectivity index (χ4v) is 1.63. The van der Waals surface area contributed by atoms with Crippen molar-refractivity contribution in [2.75, 3.05) is 6.54 Å². The van der Waals surface area contributed by atoms with E-state index < -0.39 is 17.6 Å². The van der Waals surface area contributed by atoms with Gasteiger partial charge in [0.05, 0.1) is 6.07 Å². The number of nitriles is 1. The second-order valence-corrected chi connectivity index (χ2v) is 4.60. The third kappa shape index (κ3) is 3.54. The fraction of sp³-hybridized carbons (Fsp3) is 0.909. The van der Waals surface area contributed by atoms with Crippen LogP contribution in [0.1, 0.15) is 40.5 Å². The van der Waals surface area contributed by atoms with Crippen molar-refractivity contribution in [2.45, 2.75) is 58.2 Å². The molecule has 0 saturated heterocycles. The molecule has 2 unspecified atom stereocenters. The molecule has 5 heteroatoms. The van der Waals surface area contributed by atoms with Crippen molar-refractivity contribution in [1.29, 1.82) is 5.26 Å². The second-order valence-electron chi connectivity index (χ2n) is 4.60. The van der Waals surface area contributed by atoms with Gasteiger partial charge in [-0.2, -0.15) is 15.5 Å². The number of rotatable bonds is 6. The first-order valence-electron chi connectivity index (χ1n) is 5.57. The maximum Gasteiger partial charge on any atom is 0.200 e. The molecule has 90 valence electrons. The van der Waals surface area contributed by atoms with Crippen LogP contribution in [-0.2, 0) is 9.47 Å². The Balaban J connectivity index is 2.50. The van der Waals surface area contributed by atoms with Crippen molar-refractivity contribution in [1.82, 2.24) is 0 Å². The van der Waals surface area contributed by atoms with Crippen LogP contribution in [0.15, 0.2) is 10.2 Å². The normalized spacial score (nSPS) is 25.9. The van der Waals surface area contributed by atoms with Crippen molar-refractivity contribution in [3.05, 3.63) is 0 Å². The van der Waals surface area contributed by atoms with Crippen LogP contribution in [0, 0.1) is 11.3 Å². The van der Waals surface area contributed by atoms with E-state index in [1.54, 1.807) is 13.8 Å². The highest BCUT2D eigenvalue weighted by molar-refractivity contribution is 4.87. The number of azo groups is 1. The lowest BCUT2D eigenvalue weighted by Crippen LogP contribution is -2.46. The molecule has 16 heavy (non-hydrogen) atoms. The number of hydrogen-bond acceptors (Lipinski definition) is 5. The van der Waals surface area contributed by atoms with Gasteiger partial charge in [-0.05, 0) is 27.2 Å². The van der Waals surface area contributed by atoms with E-state index in [1.165, 1.54) is 0 Å². The summed E-state index contributed by atoms with van der Waals surface area (Å²) in [6.45, 7) is 8.01. The molecule has 0 aromatic heterocycles.